The molecule has 0 aromatic heterocycles. The van der Waals surface area contributed by atoms with Crippen molar-refractivity contribution in [1.82, 2.24) is 0 Å². The number of benzene rings is 1. The summed E-state index contributed by atoms with van der Waals surface area (Å²) in [6.45, 7) is 0.880. The van der Waals surface area contributed by atoms with Crippen LogP contribution in [0.15, 0.2) is 17.0 Å². The summed E-state index contributed by atoms with van der Waals surface area (Å²) in [5.41, 5.74) is 0.0204. The van der Waals surface area contributed by atoms with E-state index in [9.17, 15) is 13.2 Å². The lowest BCUT2D eigenvalue weighted by Gasteiger charge is -2.21. The molecule has 0 unspecified atom stereocenters. The van der Waals surface area contributed by atoms with Crippen LogP contribution in [0.4, 0.5) is 0 Å². The largest absolute Gasteiger partial charge is 0.486 e. The molecule has 2 aliphatic rings. The van der Waals surface area contributed by atoms with Gasteiger partial charge < -0.3 is 14.2 Å². The Kier molecular flexibility index (Phi) is 3.71. The summed E-state index contributed by atoms with van der Waals surface area (Å²) >= 11 is 0. The summed E-state index contributed by atoms with van der Waals surface area (Å²) in [6.07, 6.45) is 2.09. The summed E-state index contributed by atoms with van der Waals surface area (Å²) in [5.74, 6) is 0.153. The van der Waals surface area contributed by atoms with Crippen LogP contribution in [0.5, 0.6) is 11.5 Å². The van der Waals surface area contributed by atoms with Gasteiger partial charge in [0.25, 0.3) is 9.05 Å². The second-order valence-corrected chi connectivity index (χ2v) is 7.54. The first-order valence-electron chi connectivity index (χ1n) is 6.50. The molecule has 1 saturated carbocycles. The molecule has 1 aliphatic heterocycles. The van der Waals surface area contributed by atoms with Gasteiger partial charge in [0, 0.05) is 16.7 Å². The van der Waals surface area contributed by atoms with Crippen molar-refractivity contribution in [3.63, 3.8) is 0 Å². The molecule has 114 valence electrons. The van der Waals surface area contributed by atoms with Crippen LogP contribution in [0.25, 0.3) is 0 Å². The summed E-state index contributed by atoms with van der Waals surface area (Å²) in [7, 11) is 1.36. The molecule has 1 fully saturated rings. The molecular weight excluding hydrogens is 320 g/mol. The van der Waals surface area contributed by atoms with Gasteiger partial charge >= 0.3 is 5.97 Å². The van der Waals surface area contributed by atoms with Gasteiger partial charge in [-0.3, -0.25) is 0 Å². The lowest BCUT2D eigenvalue weighted by molar-refractivity contribution is 0.0476. The molecule has 1 aliphatic carbocycles. The number of carbonyl (C=O) groups is 1. The molecular formula is C13H13ClO6S. The highest BCUT2D eigenvalue weighted by Crippen LogP contribution is 2.38. The predicted molar refractivity (Wildman–Crippen MR) is 73.5 cm³/mol. The van der Waals surface area contributed by atoms with Gasteiger partial charge in [-0.25, -0.2) is 13.2 Å². The fourth-order valence-electron chi connectivity index (χ4n) is 1.98. The van der Waals surface area contributed by atoms with Gasteiger partial charge in [-0.1, -0.05) is 0 Å². The van der Waals surface area contributed by atoms with Crippen LogP contribution in [0.3, 0.4) is 0 Å². The van der Waals surface area contributed by atoms with Crippen molar-refractivity contribution >= 4 is 25.7 Å². The molecule has 0 N–H and O–H groups in total. The van der Waals surface area contributed by atoms with E-state index in [4.69, 9.17) is 24.9 Å². The zero-order valence-electron chi connectivity index (χ0n) is 11.0. The van der Waals surface area contributed by atoms with E-state index in [2.05, 4.69) is 0 Å². The van der Waals surface area contributed by atoms with Crippen molar-refractivity contribution < 1.29 is 27.4 Å². The maximum atomic E-state index is 12.1. The SMILES string of the molecule is O=C(OCC1CC1)c1cc(S(=O)(=O)Cl)cc2c1OCCO2. The Morgan fingerprint density at radius 2 is 2.00 bits per heavy atom. The van der Waals surface area contributed by atoms with Gasteiger partial charge in [0.1, 0.15) is 18.8 Å². The van der Waals surface area contributed by atoms with Crippen LogP contribution in [0, 0.1) is 5.92 Å². The highest BCUT2D eigenvalue weighted by molar-refractivity contribution is 8.13. The standard InChI is InChI=1S/C13H13ClO6S/c14-21(16,17)9-5-10(13(15)20-7-8-1-2-8)12-11(6-9)18-3-4-19-12/h5-6,8H,1-4,7H2. The van der Waals surface area contributed by atoms with Crippen LogP contribution in [-0.4, -0.2) is 34.2 Å². The minimum absolute atomic E-state index is 0.0204. The van der Waals surface area contributed by atoms with Gasteiger partial charge in [0.05, 0.1) is 11.5 Å². The zero-order chi connectivity index (χ0) is 15.0. The number of hydrogen-bond donors (Lipinski definition) is 0. The normalized spacial score (nSPS) is 17.4. The molecule has 0 spiro atoms. The number of halogens is 1. The van der Waals surface area contributed by atoms with Gasteiger partial charge in [0.15, 0.2) is 11.5 Å². The number of ether oxygens (including phenoxy) is 3. The van der Waals surface area contributed by atoms with Gasteiger partial charge in [-0.15, -0.1) is 0 Å². The first-order valence-corrected chi connectivity index (χ1v) is 8.81. The first-order chi connectivity index (χ1) is 9.95. The van der Waals surface area contributed by atoms with E-state index in [0.717, 1.165) is 18.9 Å². The summed E-state index contributed by atoms with van der Waals surface area (Å²) in [5, 5.41) is 0. The molecule has 3 rings (SSSR count). The van der Waals surface area contributed by atoms with Crippen molar-refractivity contribution in [2.75, 3.05) is 19.8 Å². The van der Waals surface area contributed by atoms with Crippen LogP contribution >= 0.6 is 10.7 Å². The highest BCUT2D eigenvalue weighted by atomic mass is 35.7. The Labute approximate surface area is 126 Å². The number of hydrogen-bond acceptors (Lipinski definition) is 6. The smallest absolute Gasteiger partial charge is 0.342 e. The van der Waals surface area contributed by atoms with Gasteiger partial charge in [0.2, 0.25) is 0 Å². The Balaban J connectivity index is 1.97. The molecule has 1 aromatic carbocycles. The van der Waals surface area contributed by atoms with Crippen LogP contribution in [0.1, 0.15) is 23.2 Å². The molecule has 0 bridgehead atoms. The number of esters is 1. The average molecular weight is 333 g/mol. The molecule has 0 amide bonds. The number of rotatable bonds is 4. The Hall–Kier alpha value is -1.47. The fourth-order valence-corrected chi connectivity index (χ4v) is 2.75. The second-order valence-electron chi connectivity index (χ2n) is 4.97. The molecule has 0 saturated heterocycles. The van der Waals surface area contributed by atoms with Crippen molar-refractivity contribution in [1.29, 1.82) is 0 Å². The third-order valence-corrected chi connectivity index (χ3v) is 4.60. The summed E-state index contributed by atoms with van der Waals surface area (Å²) in [4.78, 5) is 11.9. The Morgan fingerprint density at radius 1 is 1.29 bits per heavy atom. The lowest BCUT2D eigenvalue weighted by atomic mass is 10.1. The molecule has 0 atom stereocenters. The minimum atomic E-state index is -3.98. The van der Waals surface area contributed by atoms with Crippen molar-refractivity contribution in [2.24, 2.45) is 5.92 Å². The van der Waals surface area contributed by atoms with Crippen molar-refractivity contribution in [3.8, 4) is 11.5 Å². The van der Waals surface area contributed by atoms with Crippen molar-refractivity contribution in [2.45, 2.75) is 17.7 Å². The number of carbonyl (C=O) groups excluding carboxylic acids is 1. The molecule has 6 nitrogen and oxygen atoms in total. The quantitative estimate of drug-likeness (QED) is 0.619. The third kappa shape index (κ3) is 3.24. The number of fused-ring (bicyclic) bond motifs is 1. The first kappa shape index (κ1) is 14.5. The average Bonchev–Trinajstić information content (AvgIpc) is 3.26. The van der Waals surface area contributed by atoms with Crippen LogP contribution < -0.4 is 9.47 Å². The molecule has 1 aromatic rings. The Morgan fingerprint density at radius 3 is 2.67 bits per heavy atom. The van der Waals surface area contributed by atoms with E-state index in [-0.39, 0.29) is 35.2 Å². The minimum Gasteiger partial charge on any atom is -0.486 e. The third-order valence-electron chi connectivity index (χ3n) is 3.26. The van der Waals surface area contributed by atoms with Gasteiger partial charge in [-0.05, 0) is 24.8 Å². The maximum Gasteiger partial charge on any atom is 0.342 e. The lowest BCUT2D eigenvalue weighted by Crippen LogP contribution is -2.19. The summed E-state index contributed by atoms with van der Waals surface area (Å²) in [6, 6.07) is 2.40. The topological polar surface area (TPSA) is 78.9 Å². The van der Waals surface area contributed by atoms with Crippen LogP contribution in [-0.2, 0) is 13.8 Å². The second kappa shape index (κ2) is 5.38. The summed E-state index contributed by atoms with van der Waals surface area (Å²) < 4.78 is 38.9. The molecule has 0 radical (unpaired) electrons. The van der Waals surface area contributed by atoms with E-state index >= 15 is 0 Å². The van der Waals surface area contributed by atoms with Gasteiger partial charge in [-0.2, -0.15) is 0 Å². The molecule has 21 heavy (non-hydrogen) atoms. The predicted octanol–water partition coefficient (Wildman–Crippen LogP) is 1.95. The van der Waals surface area contributed by atoms with Crippen LogP contribution in [0.2, 0.25) is 0 Å². The molecule has 1 heterocycles. The van der Waals surface area contributed by atoms with E-state index < -0.39 is 15.0 Å². The van der Waals surface area contributed by atoms with E-state index in [0.29, 0.717) is 12.5 Å². The fraction of sp³-hybridized carbons (Fsp3) is 0.462. The zero-order valence-corrected chi connectivity index (χ0v) is 12.6. The maximum absolute atomic E-state index is 12.1. The Bertz CT molecular complexity index is 680. The van der Waals surface area contributed by atoms with Crippen molar-refractivity contribution in [3.05, 3.63) is 17.7 Å². The molecule has 8 heteroatoms. The highest BCUT2D eigenvalue weighted by Gasteiger charge is 2.28. The van der Waals surface area contributed by atoms with E-state index in [1.54, 1.807) is 0 Å². The van der Waals surface area contributed by atoms with E-state index in [1.165, 1.54) is 6.07 Å². The van der Waals surface area contributed by atoms with E-state index in [1.807, 2.05) is 0 Å². The monoisotopic (exact) mass is 332 g/mol.